The first-order valence-electron chi connectivity index (χ1n) is 11.9. The van der Waals surface area contributed by atoms with Crippen molar-refractivity contribution in [3.05, 3.63) is 71.4 Å². The van der Waals surface area contributed by atoms with Crippen LogP contribution in [0.1, 0.15) is 31.2 Å². The first-order chi connectivity index (χ1) is 16.5. The molecule has 2 aliphatic rings. The average Bonchev–Trinajstić information content (AvgIpc) is 3.64. The van der Waals surface area contributed by atoms with Crippen molar-refractivity contribution in [1.82, 2.24) is 19.6 Å². The second kappa shape index (κ2) is 9.63. The molecule has 3 aromatic rings. The number of halogens is 1. The molecule has 0 atom stereocenters. The van der Waals surface area contributed by atoms with Gasteiger partial charge in [-0.15, -0.1) is 0 Å². The van der Waals surface area contributed by atoms with Gasteiger partial charge in [0.2, 0.25) is 11.8 Å². The topological polar surface area (TPSA) is 58.4 Å². The third kappa shape index (κ3) is 4.87. The molecule has 34 heavy (non-hydrogen) atoms. The van der Waals surface area contributed by atoms with E-state index in [2.05, 4.69) is 0 Å². The van der Waals surface area contributed by atoms with E-state index in [1.165, 1.54) is 0 Å². The Morgan fingerprint density at radius 1 is 0.971 bits per heavy atom. The van der Waals surface area contributed by atoms with Gasteiger partial charge >= 0.3 is 0 Å². The number of benzene rings is 2. The fourth-order valence-electron chi connectivity index (χ4n) is 4.67. The molecule has 176 valence electrons. The maximum Gasteiger partial charge on any atom is 0.225 e. The fourth-order valence-corrected chi connectivity index (χ4v) is 4.80. The molecule has 1 aromatic heterocycles. The molecule has 1 saturated heterocycles. The number of rotatable bonds is 6. The minimum Gasteiger partial charge on any atom is -0.342 e. The van der Waals surface area contributed by atoms with Crippen LogP contribution in [0.15, 0.2) is 60.8 Å². The number of nitrogens with zero attached hydrogens (tertiary/aromatic N) is 4. The Morgan fingerprint density at radius 2 is 1.65 bits per heavy atom. The summed E-state index contributed by atoms with van der Waals surface area (Å²) in [4.78, 5) is 29.4. The summed E-state index contributed by atoms with van der Waals surface area (Å²) in [5, 5.41) is 5.52. The Labute approximate surface area is 205 Å². The first-order valence-corrected chi connectivity index (χ1v) is 12.3. The predicted octanol–water partition coefficient (Wildman–Crippen LogP) is 4.80. The fraction of sp³-hybridized carbons (Fsp3) is 0.370. The van der Waals surface area contributed by atoms with E-state index in [0.717, 1.165) is 48.2 Å². The molecule has 2 heterocycles. The van der Waals surface area contributed by atoms with Crippen molar-refractivity contribution in [3.63, 3.8) is 0 Å². The Kier molecular flexibility index (Phi) is 6.42. The lowest BCUT2D eigenvalue weighted by molar-refractivity contribution is -0.140. The maximum atomic E-state index is 13.3. The quantitative estimate of drug-likeness (QED) is 0.513. The highest BCUT2D eigenvalue weighted by Crippen LogP contribution is 2.33. The lowest BCUT2D eigenvalue weighted by atomic mass is 9.95. The van der Waals surface area contributed by atoms with Crippen molar-refractivity contribution in [1.29, 1.82) is 0 Å². The zero-order valence-corrected chi connectivity index (χ0v) is 20.1. The molecule has 0 bridgehead atoms. The summed E-state index contributed by atoms with van der Waals surface area (Å²) in [6, 6.07) is 17.6. The summed E-state index contributed by atoms with van der Waals surface area (Å²) >= 11 is 6.10. The van der Waals surface area contributed by atoms with Crippen molar-refractivity contribution in [2.75, 3.05) is 20.1 Å². The first kappa shape index (κ1) is 22.7. The largest absolute Gasteiger partial charge is 0.342 e. The van der Waals surface area contributed by atoms with Gasteiger partial charge in [-0.3, -0.25) is 9.59 Å². The summed E-state index contributed by atoms with van der Waals surface area (Å²) in [6.45, 7) is 1.83. The molecule has 0 spiro atoms. The van der Waals surface area contributed by atoms with E-state index >= 15 is 0 Å². The molecule has 1 aliphatic heterocycles. The van der Waals surface area contributed by atoms with Gasteiger partial charge in [0.1, 0.15) is 0 Å². The standard InChI is InChI=1S/C27H29ClN4O2/c1-30(26(33)21-13-15-31(16-14-21)27(34)20-7-8-20)17-22-18-32(24-5-3-2-4-6-24)29-25(22)19-9-11-23(28)12-10-19/h2-6,9-12,18,20-21H,7-8,13-17H2,1H3. The summed E-state index contributed by atoms with van der Waals surface area (Å²) in [5.41, 5.74) is 3.74. The second-order valence-electron chi connectivity index (χ2n) is 9.36. The molecular formula is C27H29ClN4O2. The Bertz CT molecular complexity index is 1160. The second-order valence-corrected chi connectivity index (χ2v) is 9.79. The van der Waals surface area contributed by atoms with E-state index < -0.39 is 0 Å². The molecule has 0 N–H and O–H groups in total. The lowest BCUT2D eigenvalue weighted by Gasteiger charge is -2.33. The number of hydrogen-bond donors (Lipinski definition) is 0. The van der Waals surface area contributed by atoms with Crippen LogP contribution >= 0.6 is 11.6 Å². The molecule has 5 rings (SSSR count). The number of hydrogen-bond acceptors (Lipinski definition) is 3. The SMILES string of the molecule is CN(Cc1cn(-c2ccccc2)nc1-c1ccc(Cl)cc1)C(=O)C1CCN(C(=O)C2CC2)CC1. The van der Waals surface area contributed by atoms with Crippen molar-refractivity contribution in [3.8, 4) is 16.9 Å². The van der Waals surface area contributed by atoms with Gasteiger partial charge in [-0.2, -0.15) is 5.10 Å². The van der Waals surface area contributed by atoms with E-state index in [1.54, 1.807) is 4.90 Å². The van der Waals surface area contributed by atoms with Gasteiger partial charge in [-0.1, -0.05) is 41.9 Å². The van der Waals surface area contributed by atoms with E-state index in [1.807, 2.05) is 77.4 Å². The summed E-state index contributed by atoms with van der Waals surface area (Å²) < 4.78 is 1.86. The van der Waals surface area contributed by atoms with E-state index in [4.69, 9.17) is 16.7 Å². The Balaban J connectivity index is 1.32. The van der Waals surface area contributed by atoms with Crippen LogP contribution in [0, 0.1) is 11.8 Å². The van der Waals surface area contributed by atoms with Gasteiger partial charge in [0.25, 0.3) is 0 Å². The van der Waals surface area contributed by atoms with Crippen LogP contribution in [0.3, 0.4) is 0 Å². The number of para-hydroxylation sites is 1. The monoisotopic (exact) mass is 476 g/mol. The maximum absolute atomic E-state index is 13.3. The molecule has 1 saturated carbocycles. The molecule has 2 fully saturated rings. The van der Waals surface area contributed by atoms with Crippen molar-refractivity contribution in [2.45, 2.75) is 32.2 Å². The van der Waals surface area contributed by atoms with E-state index in [9.17, 15) is 9.59 Å². The van der Waals surface area contributed by atoms with Crippen LogP contribution < -0.4 is 0 Å². The predicted molar refractivity (Wildman–Crippen MR) is 133 cm³/mol. The molecule has 6 nitrogen and oxygen atoms in total. The molecular weight excluding hydrogens is 448 g/mol. The summed E-state index contributed by atoms with van der Waals surface area (Å²) in [5.74, 6) is 0.604. The van der Waals surface area contributed by atoms with Crippen molar-refractivity contribution < 1.29 is 9.59 Å². The van der Waals surface area contributed by atoms with Gasteiger partial charge in [0.05, 0.1) is 11.4 Å². The van der Waals surface area contributed by atoms with E-state index in [0.29, 0.717) is 24.7 Å². The molecule has 7 heteroatoms. The average molecular weight is 477 g/mol. The normalized spacial score (nSPS) is 16.5. The van der Waals surface area contributed by atoms with Crippen LogP contribution in [0.2, 0.25) is 5.02 Å². The number of likely N-dealkylation sites (tertiary alicyclic amines) is 1. The Hall–Kier alpha value is -3.12. The molecule has 0 radical (unpaired) electrons. The number of amides is 2. The van der Waals surface area contributed by atoms with Gasteiger partial charge in [0, 0.05) is 60.9 Å². The minimum absolute atomic E-state index is 0.0450. The van der Waals surface area contributed by atoms with Crippen LogP contribution in [-0.4, -0.2) is 51.5 Å². The number of carbonyl (C=O) groups is 2. The van der Waals surface area contributed by atoms with E-state index in [-0.39, 0.29) is 23.7 Å². The van der Waals surface area contributed by atoms with Crippen LogP contribution in [0.5, 0.6) is 0 Å². The number of piperidine rings is 1. The third-order valence-corrected chi connectivity index (χ3v) is 7.05. The third-order valence-electron chi connectivity index (χ3n) is 6.79. The van der Waals surface area contributed by atoms with Crippen LogP contribution in [-0.2, 0) is 16.1 Å². The van der Waals surface area contributed by atoms with Crippen LogP contribution in [0.25, 0.3) is 16.9 Å². The molecule has 2 aromatic carbocycles. The van der Waals surface area contributed by atoms with Gasteiger partial charge in [-0.05, 0) is 49.9 Å². The summed E-state index contributed by atoms with van der Waals surface area (Å²) in [6.07, 6.45) is 5.50. The number of aromatic nitrogens is 2. The van der Waals surface area contributed by atoms with Crippen molar-refractivity contribution >= 4 is 23.4 Å². The smallest absolute Gasteiger partial charge is 0.225 e. The highest BCUT2D eigenvalue weighted by molar-refractivity contribution is 6.30. The van der Waals surface area contributed by atoms with Gasteiger partial charge in [0.15, 0.2) is 0 Å². The van der Waals surface area contributed by atoms with Gasteiger partial charge in [-0.25, -0.2) is 4.68 Å². The lowest BCUT2D eigenvalue weighted by Crippen LogP contribution is -2.43. The highest BCUT2D eigenvalue weighted by atomic mass is 35.5. The molecule has 2 amide bonds. The zero-order chi connectivity index (χ0) is 23.7. The van der Waals surface area contributed by atoms with Gasteiger partial charge < -0.3 is 9.80 Å². The minimum atomic E-state index is -0.0450. The highest BCUT2D eigenvalue weighted by Gasteiger charge is 2.36. The molecule has 0 unspecified atom stereocenters. The number of carbonyl (C=O) groups excluding carboxylic acids is 2. The summed E-state index contributed by atoms with van der Waals surface area (Å²) in [7, 11) is 1.86. The Morgan fingerprint density at radius 3 is 2.29 bits per heavy atom. The molecule has 1 aliphatic carbocycles. The van der Waals surface area contributed by atoms with Crippen LogP contribution in [0.4, 0.5) is 0 Å². The van der Waals surface area contributed by atoms with Crippen molar-refractivity contribution in [2.24, 2.45) is 11.8 Å². The zero-order valence-electron chi connectivity index (χ0n) is 19.4.